The summed E-state index contributed by atoms with van der Waals surface area (Å²) in [7, 11) is 0. The van der Waals surface area contributed by atoms with Crippen LogP contribution < -0.4 is 20.1 Å². The highest BCUT2D eigenvalue weighted by molar-refractivity contribution is 5.94. The van der Waals surface area contributed by atoms with Gasteiger partial charge in [0.2, 0.25) is 5.91 Å². The van der Waals surface area contributed by atoms with E-state index >= 15 is 0 Å². The van der Waals surface area contributed by atoms with Gasteiger partial charge in [-0.05, 0) is 36.2 Å². The molecular weight excluding hydrogens is 406 g/mol. The van der Waals surface area contributed by atoms with Gasteiger partial charge in [0.05, 0.1) is 5.56 Å². The van der Waals surface area contributed by atoms with E-state index in [1.807, 2.05) is 32.0 Å². The molecule has 0 saturated heterocycles. The third kappa shape index (κ3) is 5.93. The predicted octanol–water partition coefficient (Wildman–Crippen LogP) is 3.34. The molecule has 3 rings (SSSR count). The number of hydrogen-bond donors (Lipinski definition) is 2. The number of amides is 2. The first kappa shape index (κ1) is 22.5. The summed E-state index contributed by atoms with van der Waals surface area (Å²) in [6.07, 6.45) is 0.605. The lowest BCUT2D eigenvalue weighted by molar-refractivity contribution is -0.121. The standard InChI is InChI=1S/C23H26F2N2O4/c1-23(2,15-5-8-19-20(12-15)31-11-10-30-19)14-27-21(28)4-3-9-26-22(29)17-7-6-16(24)13-18(17)25/h5-8,12-13H,3-4,9-11,14H2,1-2H3,(H,26,29)(H,27,28). The van der Waals surface area contributed by atoms with Gasteiger partial charge in [0, 0.05) is 31.0 Å². The van der Waals surface area contributed by atoms with Crippen molar-refractivity contribution >= 4 is 11.8 Å². The topological polar surface area (TPSA) is 76.7 Å². The van der Waals surface area contributed by atoms with Crippen LogP contribution in [0.1, 0.15) is 42.6 Å². The number of carbonyl (C=O) groups is 2. The Hall–Kier alpha value is -3.16. The summed E-state index contributed by atoms with van der Waals surface area (Å²) in [5, 5.41) is 5.45. The Morgan fingerprint density at radius 3 is 2.48 bits per heavy atom. The molecule has 2 amide bonds. The van der Waals surface area contributed by atoms with Gasteiger partial charge in [-0.15, -0.1) is 0 Å². The fourth-order valence-corrected chi connectivity index (χ4v) is 3.19. The van der Waals surface area contributed by atoms with Crippen molar-refractivity contribution < 1.29 is 27.8 Å². The molecule has 1 heterocycles. The number of benzene rings is 2. The zero-order valence-electron chi connectivity index (χ0n) is 17.6. The van der Waals surface area contributed by atoms with Crippen LogP contribution in [0.2, 0.25) is 0 Å². The van der Waals surface area contributed by atoms with Crippen molar-refractivity contribution in [3.8, 4) is 11.5 Å². The van der Waals surface area contributed by atoms with Gasteiger partial charge in [0.1, 0.15) is 24.8 Å². The molecule has 8 heteroatoms. The zero-order valence-corrected chi connectivity index (χ0v) is 17.6. The van der Waals surface area contributed by atoms with E-state index in [2.05, 4.69) is 10.6 Å². The smallest absolute Gasteiger partial charge is 0.254 e. The van der Waals surface area contributed by atoms with Crippen molar-refractivity contribution in [3.05, 3.63) is 59.2 Å². The van der Waals surface area contributed by atoms with Crippen molar-refractivity contribution in [2.75, 3.05) is 26.3 Å². The number of fused-ring (bicyclic) bond motifs is 1. The molecular formula is C23H26F2N2O4. The molecule has 1 aliphatic heterocycles. The van der Waals surface area contributed by atoms with E-state index < -0.39 is 17.5 Å². The first-order chi connectivity index (χ1) is 14.8. The van der Waals surface area contributed by atoms with E-state index in [4.69, 9.17) is 9.47 Å². The third-order valence-electron chi connectivity index (χ3n) is 5.09. The van der Waals surface area contributed by atoms with Gasteiger partial charge in [0.25, 0.3) is 5.91 Å². The average Bonchev–Trinajstić information content (AvgIpc) is 2.75. The lowest BCUT2D eigenvalue weighted by Gasteiger charge is -2.28. The first-order valence-electron chi connectivity index (χ1n) is 10.2. The maximum atomic E-state index is 13.6. The maximum absolute atomic E-state index is 13.6. The Morgan fingerprint density at radius 1 is 1.00 bits per heavy atom. The molecule has 2 aromatic rings. The minimum absolute atomic E-state index is 0.146. The number of halogens is 2. The number of rotatable bonds is 8. The molecule has 0 fully saturated rings. The summed E-state index contributed by atoms with van der Waals surface area (Å²) in [5.74, 6) is -1.03. The lowest BCUT2D eigenvalue weighted by atomic mass is 9.84. The van der Waals surface area contributed by atoms with Gasteiger partial charge < -0.3 is 20.1 Å². The predicted molar refractivity (Wildman–Crippen MR) is 111 cm³/mol. The van der Waals surface area contributed by atoms with E-state index in [1.165, 1.54) is 0 Å². The normalized spacial score (nSPS) is 12.9. The number of carbonyl (C=O) groups excluding carboxylic acids is 2. The molecule has 1 aliphatic rings. The molecule has 0 radical (unpaired) electrons. The van der Waals surface area contributed by atoms with E-state index in [-0.39, 0.29) is 29.9 Å². The number of hydrogen-bond acceptors (Lipinski definition) is 4. The van der Waals surface area contributed by atoms with E-state index in [9.17, 15) is 18.4 Å². The molecule has 0 spiro atoms. The van der Waals surface area contributed by atoms with Crippen LogP contribution in [-0.4, -0.2) is 38.1 Å². The van der Waals surface area contributed by atoms with Crippen molar-refractivity contribution in [3.63, 3.8) is 0 Å². The number of ether oxygens (including phenoxy) is 2. The summed E-state index contributed by atoms with van der Waals surface area (Å²) in [6, 6.07) is 8.54. The minimum Gasteiger partial charge on any atom is -0.486 e. The maximum Gasteiger partial charge on any atom is 0.254 e. The molecule has 6 nitrogen and oxygen atoms in total. The molecule has 0 aliphatic carbocycles. The second-order valence-corrected chi connectivity index (χ2v) is 8.00. The Morgan fingerprint density at radius 2 is 1.74 bits per heavy atom. The van der Waals surface area contributed by atoms with Crippen LogP contribution in [0, 0.1) is 11.6 Å². The van der Waals surface area contributed by atoms with Gasteiger partial charge >= 0.3 is 0 Å². The van der Waals surface area contributed by atoms with Gasteiger partial charge in [0.15, 0.2) is 11.5 Å². The Kier molecular flexibility index (Phi) is 7.09. The molecule has 31 heavy (non-hydrogen) atoms. The molecule has 0 aromatic heterocycles. The molecule has 0 unspecified atom stereocenters. The summed E-state index contributed by atoms with van der Waals surface area (Å²) >= 11 is 0. The molecule has 0 bridgehead atoms. The van der Waals surface area contributed by atoms with Crippen molar-refractivity contribution in [1.82, 2.24) is 10.6 Å². The fraction of sp³-hybridized carbons (Fsp3) is 0.391. The average molecular weight is 432 g/mol. The van der Waals surface area contributed by atoms with Gasteiger partial charge in [-0.3, -0.25) is 9.59 Å². The van der Waals surface area contributed by atoms with Crippen LogP contribution in [0.5, 0.6) is 11.5 Å². The second-order valence-electron chi connectivity index (χ2n) is 8.00. The van der Waals surface area contributed by atoms with Crippen LogP contribution >= 0.6 is 0 Å². The van der Waals surface area contributed by atoms with Crippen LogP contribution in [-0.2, 0) is 10.2 Å². The highest BCUT2D eigenvalue weighted by Crippen LogP contribution is 2.34. The number of nitrogens with one attached hydrogen (secondary N) is 2. The third-order valence-corrected chi connectivity index (χ3v) is 5.09. The molecule has 0 saturated carbocycles. The molecule has 166 valence electrons. The Bertz CT molecular complexity index is 963. The van der Waals surface area contributed by atoms with Gasteiger partial charge in [-0.25, -0.2) is 8.78 Å². The zero-order chi connectivity index (χ0) is 22.4. The van der Waals surface area contributed by atoms with Crippen LogP contribution in [0.4, 0.5) is 8.78 Å². The molecule has 2 aromatic carbocycles. The largest absolute Gasteiger partial charge is 0.486 e. The summed E-state index contributed by atoms with van der Waals surface area (Å²) < 4.78 is 37.7. The van der Waals surface area contributed by atoms with Crippen molar-refractivity contribution in [2.45, 2.75) is 32.1 Å². The Balaban J connectivity index is 1.42. The summed E-state index contributed by atoms with van der Waals surface area (Å²) in [5.41, 5.74) is 0.470. The van der Waals surface area contributed by atoms with E-state index in [0.29, 0.717) is 38.0 Å². The highest BCUT2D eigenvalue weighted by Gasteiger charge is 2.24. The van der Waals surface area contributed by atoms with Crippen LogP contribution in [0.3, 0.4) is 0 Å². The monoisotopic (exact) mass is 432 g/mol. The summed E-state index contributed by atoms with van der Waals surface area (Å²) in [4.78, 5) is 24.1. The van der Waals surface area contributed by atoms with E-state index in [1.54, 1.807) is 0 Å². The first-order valence-corrected chi connectivity index (χ1v) is 10.2. The molecule has 0 atom stereocenters. The van der Waals surface area contributed by atoms with Crippen molar-refractivity contribution in [1.29, 1.82) is 0 Å². The quantitative estimate of drug-likeness (QED) is 0.628. The summed E-state index contributed by atoms with van der Waals surface area (Å²) in [6.45, 7) is 5.72. The Labute approximate surface area is 179 Å². The van der Waals surface area contributed by atoms with Crippen LogP contribution in [0.15, 0.2) is 36.4 Å². The lowest BCUT2D eigenvalue weighted by Crippen LogP contribution is -2.37. The van der Waals surface area contributed by atoms with E-state index in [0.717, 1.165) is 23.4 Å². The van der Waals surface area contributed by atoms with Gasteiger partial charge in [-0.2, -0.15) is 0 Å². The molecule has 2 N–H and O–H groups in total. The highest BCUT2D eigenvalue weighted by atomic mass is 19.1. The fourth-order valence-electron chi connectivity index (χ4n) is 3.19. The second kappa shape index (κ2) is 9.76. The van der Waals surface area contributed by atoms with Crippen LogP contribution in [0.25, 0.3) is 0 Å². The SMILES string of the molecule is CC(C)(CNC(=O)CCCNC(=O)c1ccc(F)cc1F)c1ccc2c(c1)OCCO2. The minimum atomic E-state index is -0.920. The van der Waals surface area contributed by atoms with Crippen molar-refractivity contribution in [2.24, 2.45) is 0 Å². The van der Waals surface area contributed by atoms with Gasteiger partial charge in [-0.1, -0.05) is 19.9 Å².